The van der Waals surface area contributed by atoms with Gasteiger partial charge in [0.05, 0.1) is 6.54 Å². The first-order valence-electron chi connectivity index (χ1n) is 12.1. The maximum atomic E-state index is 13.4. The lowest BCUT2D eigenvalue weighted by Crippen LogP contribution is -2.48. The molecule has 2 fully saturated rings. The van der Waals surface area contributed by atoms with Gasteiger partial charge in [0.1, 0.15) is 30.2 Å². The Bertz CT molecular complexity index is 961. The van der Waals surface area contributed by atoms with Gasteiger partial charge in [-0.15, -0.1) is 0 Å². The van der Waals surface area contributed by atoms with Gasteiger partial charge in [-0.25, -0.2) is 4.99 Å². The standard InChI is InChI=1S/C25H36N5O2/c1-17(2)14-25(3)23(32)29(24(26)27-25)15-18-8-10-28(11-9-18)22(31)20-16-30(12-13-30)21-7-5-4-6-19(20)21/h4-7,17-18,20H,8-16H2,1-3H3,(H2,26,27)/q+1. The first-order valence-corrected chi connectivity index (χ1v) is 12.1. The molecule has 0 aliphatic carbocycles. The van der Waals surface area contributed by atoms with E-state index in [1.54, 1.807) is 4.90 Å². The predicted octanol–water partition coefficient (Wildman–Crippen LogP) is 2.30. The van der Waals surface area contributed by atoms with Crippen LogP contribution in [0, 0.1) is 11.8 Å². The van der Waals surface area contributed by atoms with Crippen LogP contribution in [-0.2, 0) is 9.59 Å². The molecule has 0 bridgehead atoms. The molecule has 0 saturated carbocycles. The molecule has 2 N–H and O–H groups in total. The molecule has 7 nitrogen and oxygen atoms in total. The molecule has 4 aliphatic heterocycles. The number of benzene rings is 1. The van der Waals surface area contributed by atoms with Crippen LogP contribution < -0.4 is 10.2 Å². The van der Waals surface area contributed by atoms with Crippen molar-refractivity contribution in [1.82, 2.24) is 14.3 Å². The summed E-state index contributed by atoms with van der Waals surface area (Å²) in [6, 6.07) is 8.50. The van der Waals surface area contributed by atoms with E-state index in [4.69, 9.17) is 5.73 Å². The van der Waals surface area contributed by atoms with Crippen molar-refractivity contribution in [2.75, 3.05) is 39.3 Å². The van der Waals surface area contributed by atoms with Crippen LogP contribution in [0.1, 0.15) is 51.5 Å². The number of carbonyl (C=O) groups excluding carboxylic acids is 2. The molecule has 2 unspecified atom stereocenters. The van der Waals surface area contributed by atoms with Gasteiger partial charge in [-0.3, -0.25) is 19.0 Å². The zero-order valence-corrected chi connectivity index (χ0v) is 19.6. The molecule has 1 aromatic rings. The van der Waals surface area contributed by atoms with Crippen LogP contribution in [0.5, 0.6) is 0 Å². The number of likely N-dealkylation sites (tertiary alicyclic amines) is 1. The second kappa shape index (κ2) is 7.58. The van der Waals surface area contributed by atoms with Crippen LogP contribution in [0.25, 0.3) is 0 Å². The van der Waals surface area contributed by atoms with Gasteiger partial charge in [0.25, 0.3) is 5.91 Å². The van der Waals surface area contributed by atoms with E-state index >= 15 is 0 Å². The number of nitrogens with two attached hydrogens (primary N) is 1. The number of hydrogen-bond donors (Lipinski definition) is 1. The molecular formula is C25H36N5O2+. The molecular weight excluding hydrogens is 402 g/mol. The molecule has 2 atom stereocenters. The number of fused-ring (bicyclic) bond motifs is 2. The lowest BCUT2D eigenvalue weighted by atomic mass is 9.90. The topological polar surface area (TPSA) is 79.0 Å². The first-order chi connectivity index (χ1) is 15.2. The van der Waals surface area contributed by atoms with Crippen LogP contribution in [0.3, 0.4) is 0 Å². The number of amides is 2. The Hall–Kier alpha value is -2.41. The second-order valence-electron chi connectivity index (χ2n) is 10.9. The largest absolute Gasteiger partial charge is 0.369 e. The minimum atomic E-state index is -0.734. The van der Waals surface area contributed by atoms with Crippen LogP contribution in [0.4, 0.5) is 5.69 Å². The van der Waals surface area contributed by atoms with E-state index in [1.165, 1.54) is 11.3 Å². The molecule has 4 aliphatic rings. The molecule has 32 heavy (non-hydrogen) atoms. The van der Waals surface area contributed by atoms with Crippen molar-refractivity contribution in [3.63, 3.8) is 0 Å². The number of rotatable bonds is 5. The lowest BCUT2D eigenvalue weighted by Gasteiger charge is -2.35. The van der Waals surface area contributed by atoms with Crippen LogP contribution in [-0.4, -0.2) is 72.4 Å². The molecule has 5 rings (SSSR count). The molecule has 1 aromatic carbocycles. The number of carbonyl (C=O) groups is 2. The van der Waals surface area contributed by atoms with E-state index in [-0.39, 0.29) is 17.7 Å². The highest BCUT2D eigenvalue weighted by Crippen LogP contribution is 2.47. The van der Waals surface area contributed by atoms with Gasteiger partial charge >= 0.3 is 0 Å². The van der Waals surface area contributed by atoms with Crippen LogP contribution in [0.2, 0.25) is 0 Å². The van der Waals surface area contributed by atoms with Gasteiger partial charge in [0.15, 0.2) is 5.96 Å². The van der Waals surface area contributed by atoms with Crippen molar-refractivity contribution in [3.05, 3.63) is 29.8 Å². The van der Waals surface area contributed by atoms with Gasteiger partial charge in [0.2, 0.25) is 5.91 Å². The van der Waals surface area contributed by atoms with Crippen molar-refractivity contribution in [1.29, 1.82) is 0 Å². The quantitative estimate of drug-likeness (QED) is 0.566. The summed E-state index contributed by atoms with van der Waals surface area (Å²) in [5.74, 6) is 1.37. The Balaban J connectivity index is 1.19. The third kappa shape index (κ3) is 3.51. The third-order valence-electron chi connectivity index (χ3n) is 7.93. The molecule has 0 aromatic heterocycles. The van der Waals surface area contributed by atoms with E-state index in [2.05, 4.69) is 48.0 Å². The van der Waals surface area contributed by atoms with Gasteiger partial charge in [0, 0.05) is 25.2 Å². The third-order valence-corrected chi connectivity index (χ3v) is 7.93. The van der Waals surface area contributed by atoms with Gasteiger partial charge in [-0.2, -0.15) is 0 Å². The monoisotopic (exact) mass is 438 g/mol. The Morgan fingerprint density at radius 3 is 2.59 bits per heavy atom. The van der Waals surface area contributed by atoms with Crippen molar-refractivity contribution in [2.45, 2.75) is 51.5 Å². The number of para-hydroxylation sites is 1. The van der Waals surface area contributed by atoms with Gasteiger partial charge in [-0.1, -0.05) is 32.0 Å². The number of quaternary nitrogens is 1. The summed E-state index contributed by atoms with van der Waals surface area (Å²) in [6.07, 6.45) is 2.51. The van der Waals surface area contributed by atoms with E-state index in [1.807, 2.05) is 6.92 Å². The fourth-order valence-electron chi connectivity index (χ4n) is 6.19. The van der Waals surface area contributed by atoms with Gasteiger partial charge in [-0.05, 0) is 44.1 Å². The summed E-state index contributed by atoms with van der Waals surface area (Å²) in [4.78, 5) is 34.7. The summed E-state index contributed by atoms with van der Waals surface area (Å²) in [5, 5.41) is 0. The van der Waals surface area contributed by atoms with E-state index in [9.17, 15) is 9.59 Å². The van der Waals surface area contributed by atoms with Crippen molar-refractivity contribution in [3.8, 4) is 0 Å². The molecule has 2 amide bonds. The van der Waals surface area contributed by atoms with Crippen molar-refractivity contribution in [2.24, 2.45) is 22.6 Å². The Labute approximate surface area is 190 Å². The minimum absolute atomic E-state index is 0.00933. The average molecular weight is 439 g/mol. The van der Waals surface area contributed by atoms with Crippen LogP contribution >= 0.6 is 0 Å². The SMILES string of the molecule is CC(C)CC1(C)N=C(N)N(CC2CCN(C(=O)C3C[N+]4(CC4)c4ccccc43)CC2)C1=O. The number of piperidine rings is 1. The molecule has 0 radical (unpaired) electrons. The van der Waals surface area contributed by atoms with Crippen molar-refractivity contribution < 1.29 is 9.59 Å². The summed E-state index contributed by atoms with van der Waals surface area (Å²) < 4.78 is 0.994. The van der Waals surface area contributed by atoms with Crippen molar-refractivity contribution >= 4 is 23.5 Å². The second-order valence-corrected chi connectivity index (χ2v) is 10.9. The maximum absolute atomic E-state index is 13.4. The minimum Gasteiger partial charge on any atom is -0.369 e. The summed E-state index contributed by atoms with van der Waals surface area (Å²) in [7, 11) is 0. The number of guanidine groups is 1. The fraction of sp³-hybridized carbons (Fsp3) is 0.640. The zero-order chi connectivity index (χ0) is 22.7. The number of aliphatic imine (C=N–C) groups is 1. The molecule has 4 heterocycles. The predicted molar refractivity (Wildman–Crippen MR) is 126 cm³/mol. The Morgan fingerprint density at radius 2 is 1.94 bits per heavy atom. The summed E-state index contributed by atoms with van der Waals surface area (Å²) >= 11 is 0. The normalized spacial score (nSPS) is 29.1. The fourth-order valence-corrected chi connectivity index (χ4v) is 6.19. The average Bonchev–Trinajstić information content (AvgIpc) is 3.42. The Kier molecular flexibility index (Phi) is 5.08. The first kappa shape index (κ1) is 21.4. The molecule has 2 saturated heterocycles. The van der Waals surface area contributed by atoms with Gasteiger partial charge < -0.3 is 10.6 Å². The molecule has 172 valence electrons. The van der Waals surface area contributed by atoms with Crippen LogP contribution in [0.15, 0.2) is 29.3 Å². The summed E-state index contributed by atoms with van der Waals surface area (Å²) in [5.41, 5.74) is 8.01. The molecule has 1 spiro atoms. The van der Waals surface area contributed by atoms with E-state index in [0.717, 1.165) is 50.0 Å². The van der Waals surface area contributed by atoms with E-state index in [0.29, 0.717) is 30.8 Å². The number of hydrogen-bond acceptors (Lipinski definition) is 4. The number of nitrogens with zero attached hydrogens (tertiary/aromatic N) is 4. The Morgan fingerprint density at radius 1 is 1.25 bits per heavy atom. The maximum Gasteiger partial charge on any atom is 0.257 e. The highest BCUT2D eigenvalue weighted by Gasteiger charge is 2.55. The highest BCUT2D eigenvalue weighted by atomic mass is 16.2. The summed E-state index contributed by atoms with van der Waals surface area (Å²) in [6.45, 7) is 11.5. The zero-order valence-electron chi connectivity index (χ0n) is 19.6. The highest BCUT2D eigenvalue weighted by molar-refractivity contribution is 6.06. The smallest absolute Gasteiger partial charge is 0.257 e. The molecule has 7 heteroatoms. The lowest BCUT2D eigenvalue weighted by molar-refractivity contribution is -0.135. The van der Waals surface area contributed by atoms with E-state index < -0.39 is 5.54 Å².